The summed E-state index contributed by atoms with van der Waals surface area (Å²) in [5.41, 5.74) is 4.16. The predicted octanol–water partition coefficient (Wildman–Crippen LogP) is 5.02. The number of para-hydroxylation sites is 1. The van der Waals surface area contributed by atoms with Crippen molar-refractivity contribution in [2.24, 2.45) is 0 Å². The van der Waals surface area contributed by atoms with E-state index in [0.717, 1.165) is 22.6 Å². The van der Waals surface area contributed by atoms with Crippen LogP contribution in [0.25, 0.3) is 11.1 Å². The van der Waals surface area contributed by atoms with E-state index in [1.807, 2.05) is 24.3 Å². The summed E-state index contributed by atoms with van der Waals surface area (Å²) < 4.78 is 11.7. The van der Waals surface area contributed by atoms with Crippen LogP contribution in [0.15, 0.2) is 72.8 Å². The van der Waals surface area contributed by atoms with Gasteiger partial charge in [0.1, 0.15) is 11.5 Å². The molecule has 0 fully saturated rings. The van der Waals surface area contributed by atoms with Crippen LogP contribution in [0.4, 0.5) is 0 Å². The molecule has 0 aromatic heterocycles. The normalized spacial score (nSPS) is 18.5. The van der Waals surface area contributed by atoms with Crippen molar-refractivity contribution >= 4 is 0 Å². The lowest BCUT2D eigenvalue weighted by atomic mass is 9.81. The van der Waals surface area contributed by atoms with E-state index in [1.165, 1.54) is 11.1 Å². The van der Waals surface area contributed by atoms with E-state index in [9.17, 15) is 0 Å². The van der Waals surface area contributed by atoms with Crippen molar-refractivity contribution in [1.82, 2.24) is 0 Å². The zero-order valence-corrected chi connectivity index (χ0v) is 13.2. The number of rotatable bonds is 2. The molecule has 1 atom stereocenters. The average Bonchev–Trinajstić information content (AvgIpc) is 2.62. The third-order valence-corrected chi connectivity index (χ3v) is 4.57. The molecule has 0 aliphatic carbocycles. The first kappa shape index (κ1) is 13.9. The Bertz CT molecular complexity index is 852. The third kappa shape index (κ3) is 2.10. The summed E-state index contributed by atoms with van der Waals surface area (Å²) >= 11 is 0. The zero-order chi connectivity index (χ0) is 15.9. The highest BCUT2D eigenvalue weighted by Gasteiger charge is 2.37. The molecule has 2 heteroatoms. The van der Waals surface area contributed by atoms with Gasteiger partial charge >= 0.3 is 0 Å². The van der Waals surface area contributed by atoms with Crippen LogP contribution in [0.2, 0.25) is 0 Å². The van der Waals surface area contributed by atoms with Crippen LogP contribution in [0.3, 0.4) is 0 Å². The second-order valence-corrected chi connectivity index (χ2v) is 5.91. The fourth-order valence-corrected chi connectivity index (χ4v) is 3.31. The van der Waals surface area contributed by atoms with Gasteiger partial charge in [0.05, 0.1) is 7.11 Å². The van der Waals surface area contributed by atoms with Gasteiger partial charge in [-0.05, 0) is 36.2 Å². The maximum absolute atomic E-state index is 6.46. The minimum absolute atomic E-state index is 0.517. The minimum atomic E-state index is -0.517. The van der Waals surface area contributed by atoms with Crippen molar-refractivity contribution in [2.75, 3.05) is 7.11 Å². The van der Waals surface area contributed by atoms with Gasteiger partial charge in [0.2, 0.25) is 0 Å². The van der Waals surface area contributed by atoms with Gasteiger partial charge in [-0.25, -0.2) is 0 Å². The lowest BCUT2D eigenvalue weighted by molar-refractivity contribution is 0.129. The summed E-state index contributed by atoms with van der Waals surface area (Å²) in [7, 11) is 1.68. The Balaban J connectivity index is 1.92. The van der Waals surface area contributed by atoms with Crippen LogP contribution in [-0.4, -0.2) is 7.11 Å². The predicted molar refractivity (Wildman–Crippen MR) is 92.0 cm³/mol. The molecule has 4 rings (SSSR count). The first-order valence-electron chi connectivity index (χ1n) is 7.75. The molecule has 0 N–H and O–H groups in total. The number of ether oxygens (including phenoxy) is 2. The molecule has 1 heterocycles. The topological polar surface area (TPSA) is 18.5 Å². The molecule has 114 valence electrons. The molecule has 1 unspecified atom stereocenters. The van der Waals surface area contributed by atoms with Crippen molar-refractivity contribution < 1.29 is 9.47 Å². The van der Waals surface area contributed by atoms with E-state index in [2.05, 4.69) is 55.5 Å². The number of methoxy groups -OCH3 is 1. The average molecular weight is 302 g/mol. The molecular weight excluding hydrogens is 284 g/mol. The van der Waals surface area contributed by atoms with Crippen LogP contribution in [0.5, 0.6) is 11.5 Å². The summed E-state index contributed by atoms with van der Waals surface area (Å²) in [6, 6.07) is 24.8. The van der Waals surface area contributed by atoms with Gasteiger partial charge in [-0.3, -0.25) is 0 Å². The van der Waals surface area contributed by atoms with Crippen LogP contribution in [0, 0.1) is 0 Å². The van der Waals surface area contributed by atoms with E-state index in [-0.39, 0.29) is 0 Å². The Morgan fingerprint density at radius 1 is 0.783 bits per heavy atom. The monoisotopic (exact) mass is 302 g/mol. The van der Waals surface area contributed by atoms with Crippen LogP contribution < -0.4 is 9.47 Å². The van der Waals surface area contributed by atoms with E-state index in [1.54, 1.807) is 7.11 Å². The van der Waals surface area contributed by atoms with Gasteiger partial charge < -0.3 is 9.47 Å². The molecular formula is C21H18O2. The Kier molecular flexibility index (Phi) is 3.12. The van der Waals surface area contributed by atoms with Crippen LogP contribution in [0.1, 0.15) is 18.1 Å². The maximum atomic E-state index is 6.46. The largest absolute Gasteiger partial charge is 0.497 e. The van der Waals surface area contributed by atoms with Crippen molar-refractivity contribution in [3.63, 3.8) is 0 Å². The number of hydrogen-bond donors (Lipinski definition) is 0. The first-order valence-corrected chi connectivity index (χ1v) is 7.75. The van der Waals surface area contributed by atoms with Gasteiger partial charge in [0.15, 0.2) is 5.60 Å². The Morgan fingerprint density at radius 2 is 1.43 bits per heavy atom. The van der Waals surface area contributed by atoms with E-state index in [4.69, 9.17) is 9.47 Å². The first-order chi connectivity index (χ1) is 11.2. The molecule has 1 aliphatic heterocycles. The summed E-state index contributed by atoms with van der Waals surface area (Å²) in [4.78, 5) is 0. The fourth-order valence-electron chi connectivity index (χ4n) is 3.31. The van der Waals surface area contributed by atoms with Gasteiger partial charge in [0.25, 0.3) is 0 Å². The van der Waals surface area contributed by atoms with Gasteiger partial charge in [-0.15, -0.1) is 0 Å². The standard InChI is InChI=1S/C21H18O2/c1-21(15-11-13-16(22-2)14-12-15)19-9-5-3-7-17(19)18-8-4-6-10-20(18)23-21/h3-14H,1-2H3. The van der Waals surface area contributed by atoms with E-state index in [0.29, 0.717) is 0 Å². The van der Waals surface area contributed by atoms with E-state index < -0.39 is 5.60 Å². The van der Waals surface area contributed by atoms with Gasteiger partial charge in [-0.1, -0.05) is 54.6 Å². The van der Waals surface area contributed by atoms with Crippen molar-refractivity contribution in [3.05, 3.63) is 83.9 Å². The molecule has 0 radical (unpaired) electrons. The quantitative estimate of drug-likeness (QED) is 0.662. The SMILES string of the molecule is COc1ccc(C2(C)Oc3ccccc3-c3ccccc32)cc1. The van der Waals surface area contributed by atoms with Gasteiger partial charge in [0, 0.05) is 11.1 Å². The molecule has 0 spiro atoms. The highest BCUT2D eigenvalue weighted by Crippen LogP contribution is 2.47. The molecule has 0 saturated heterocycles. The van der Waals surface area contributed by atoms with Crippen LogP contribution >= 0.6 is 0 Å². The molecule has 0 amide bonds. The lowest BCUT2D eigenvalue weighted by Crippen LogP contribution is -2.34. The Hall–Kier alpha value is -2.74. The summed E-state index contributed by atoms with van der Waals surface area (Å²) in [5, 5.41) is 0. The zero-order valence-electron chi connectivity index (χ0n) is 13.2. The second kappa shape index (κ2) is 5.17. The van der Waals surface area contributed by atoms with Crippen molar-refractivity contribution in [2.45, 2.75) is 12.5 Å². The summed E-state index contributed by atoms with van der Waals surface area (Å²) in [6.45, 7) is 2.13. The van der Waals surface area contributed by atoms with E-state index >= 15 is 0 Å². The molecule has 1 aliphatic rings. The van der Waals surface area contributed by atoms with Gasteiger partial charge in [-0.2, -0.15) is 0 Å². The molecule has 0 saturated carbocycles. The van der Waals surface area contributed by atoms with Crippen molar-refractivity contribution in [3.8, 4) is 22.6 Å². The van der Waals surface area contributed by atoms with Crippen molar-refractivity contribution in [1.29, 1.82) is 0 Å². The summed E-state index contributed by atoms with van der Waals surface area (Å²) in [6.07, 6.45) is 0. The number of benzene rings is 3. The second-order valence-electron chi connectivity index (χ2n) is 5.91. The lowest BCUT2D eigenvalue weighted by Gasteiger charge is -2.38. The Morgan fingerprint density at radius 3 is 2.17 bits per heavy atom. The maximum Gasteiger partial charge on any atom is 0.157 e. The van der Waals surface area contributed by atoms with Crippen LogP contribution in [-0.2, 0) is 5.60 Å². The molecule has 3 aromatic carbocycles. The Labute approximate surface area is 136 Å². The minimum Gasteiger partial charge on any atom is -0.497 e. The number of fused-ring (bicyclic) bond motifs is 3. The molecule has 3 aromatic rings. The molecule has 23 heavy (non-hydrogen) atoms. The molecule has 2 nitrogen and oxygen atoms in total. The third-order valence-electron chi connectivity index (χ3n) is 4.57. The fraction of sp³-hybridized carbons (Fsp3) is 0.143. The highest BCUT2D eigenvalue weighted by atomic mass is 16.5. The highest BCUT2D eigenvalue weighted by molar-refractivity contribution is 5.77. The molecule has 0 bridgehead atoms. The number of hydrogen-bond acceptors (Lipinski definition) is 2. The smallest absolute Gasteiger partial charge is 0.157 e. The summed E-state index contributed by atoms with van der Waals surface area (Å²) in [5.74, 6) is 1.77.